The highest BCUT2D eigenvalue weighted by molar-refractivity contribution is 7.99. The third kappa shape index (κ3) is 4.32. The first kappa shape index (κ1) is 19.7. The van der Waals surface area contributed by atoms with E-state index in [4.69, 9.17) is 0 Å². The van der Waals surface area contributed by atoms with Gasteiger partial charge in [0.15, 0.2) is 5.16 Å². The molecule has 0 fully saturated rings. The van der Waals surface area contributed by atoms with Gasteiger partial charge in [0.25, 0.3) is 0 Å². The highest BCUT2D eigenvalue weighted by Crippen LogP contribution is 2.25. The number of aryl methyl sites for hydroxylation is 1. The van der Waals surface area contributed by atoms with E-state index in [0.717, 1.165) is 16.8 Å². The molecule has 138 valence electrons. The molecule has 11 heteroatoms. The predicted octanol–water partition coefficient (Wildman–Crippen LogP) is 2.80. The molecule has 0 aliphatic rings. The Morgan fingerprint density at radius 3 is 2.52 bits per heavy atom. The van der Waals surface area contributed by atoms with E-state index >= 15 is 0 Å². The Morgan fingerprint density at radius 1 is 1.32 bits per heavy atom. The summed E-state index contributed by atoms with van der Waals surface area (Å²) in [4.78, 5) is 12.1. The Bertz CT molecular complexity index is 874. The van der Waals surface area contributed by atoms with Gasteiger partial charge in [0.2, 0.25) is 0 Å². The van der Waals surface area contributed by atoms with Gasteiger partial charge < -0.3 is 0 Å². The van der Waals surface area contributed by atoms with Crippen molar-refractivity contribution in [2.45, 2.75) is 30.1 Å². The zero-order chi connectivity index (χ0) is 18.9. The standard InChI is InChI=1S/C14H15F4N3O2S2/c1-4-24-12-19-21(13(22)20(12)3)10-6-11(8(2)5-9(10)15)25(23)7-14(16,17)18/h5-6H,4,7H2,1-3H3. The van der Waals surface area contributed by atoms with Crippen LogP contribution in [0.4, 0.5) is 17.6 Å². The second-order valence-electron chi connectivity index (χ2n) is 5.14. The number of benzene rings is 1. The van der Waals surface area contributed by atoms with Crippen molar-refractivity contribution >= 4 is 22.6 Å². The minimum Gasteiger partial charge on any atom is -0.273 e. The van der Waals surface area contributed by atoms with Gasteiger partial charge in [0, 0.05) is 11.9 Å². The van der Waals surface area contributed by atoms with Crippen molar-refractivity contribution in [2.75, 3.05) is 11.5 Å². The van der Waals surface area contributed by atoms with Crippen LogP contribution < -0.4 is 5.69 Å². The van der Waals surface area contributed by atoms with Crippen LogP contribution in [0.3, 0.4) is 0 Å². The Morgan fingerprint density at radius 2 is 1.96 bits per heavy atom. The number of halogens is 4. The molecule has 0 spiro atoms. The van der Waals surface area contributed by atoms with Gasteiger partial charge in [-0.15, -0.1) is 5.10 Å². The van der Waals surface area contributed by atoms with Crippen LogP contribution in [0.5, 0.6) is 0 Å². The largest absolute Gasteiger partial charge is 0.400 e. The molecular weight excluding hydrogens is 382 g/mol. The summed E-state index contributed by atoms with van der Waals surface area (Å²) >= 11 is 1.26. The van der Waals surface area contributed by atoms with Gasteiger partial charge in [-0.1, -0.05) is 18.7 Å². The lowest BCUT2D eigenvalue weighted by molar-refractivity contribution is -0.105. The normalized spacial score (nSPS) is 13.2. The van der Waals surface area contributed by atoms with E-state index in [1.807, 2.05) is 6.92 Å². The summed E-state index contributed by atoms with van der Waals surface area (Å²) in [6.45, 7) is 3.20. The summed E-state index contributed by atoms with van der Waals surface area (Å²) in [6.07, 6.45) is -4.63. The fourth-order valence-corrected chi connectivity index (χ4v) is 3.89. The van der Waals surface area contributed by atoms with Crippen LogP contribution >= 0.6 is 11.8 Å². The molecule has 0 saturated carbocycles. The molecule has 0 radical (unpaired) electrons. The molecule has 0 bridgehead atoms. The summed E-state index contributed by atoms with van der Waals surface area (Å²) in [7, 11) is -0.955. The third-order valence-electron chi connectivity index (χ3n) is 3.23. The van der Waals surface area contributed by atoms with Crippen molar-refractivity contribution in [3.8, 4) is 5.69 Å². The number of hydrogen-bond acceptors (Lipinski definition) is 4. The van der Waals surface area contributed by atoms with Crippen LogP contribution in [-0.4, -0.2) is 36.2 Å². The lowest BCUT2D eigenvalue weighted by Crippen LogP contribution is -2.23. The van der Waals surface area contributed by atoms with Gasteiger partial charge in [0.1, 0.15) is 17.3 Å². The molecule has 1 unspecified atom stereocenters. The van der Waals surface area contributed by atoms with Crippen LogP contribution in [0.2, 0.25) is 0 Å². The Balaban J connectivity index is 2.57. The summed E-state index contributed by atoms with van der Waals surface area (Å²) in [5.41, 5.74) is -0.873. The molecule has 1 aromatic heterocycles. The second-order valence-corrected chi connectivity index (χ2v) is 7.79. The van der Waals surface area contributed by atoms with Crippen LogP contribution in [0.1, 0.15) is 12.5 Å². The van der Waals surface area contributed by atoms with Crippen molar-refractivity contribution in [3.05, 3.63) is 34.0 Å². The summed E-state index contributed by atoms with van der Waals surface area (Å²) < 4.78 is 65.7. The zero-order valence-corrected chi connectivity index (χ0v) is 15.2. The van der Waals surface area contributed by atoms with Crippen molar-refractivity contribution in [1.29, 1.82) is 0 Å². The van der Waals surface area contributed by atoms with Gasteiger partial charge in [-0.25, -0.2) is 9.18 Å². The molecule has 1 heterocycles. The van der Waals surface area contributed by atoms with E-state index < -0.39 is 34.2 Å². The first-order valence-corrected chi connectivity index (χ1v) is 9.40. The van der Waals surface area contributed by atoms with Crippen molar-refractivity contribution < 1.29 is 21.8 Å². The van der Waals surface area contributed by atoms with E-state index in [1.165, 1.54) is 30.3 Å². The average Bonchev–Trinajstić information content (AvgIpc) is 2.74. The van der Waals surface area contributed by atoms with Crippen LogP contribution in [0, 0.1) is 12.7 Å². The molecule has 1 aromatic carbocycles. The molecule has 0 saturated heterocycles. The summed E-state index contributed by atoms with van der Waals surface area (Å²) in [6, 6.07) is 1.94. The van der Waals surface area contributed by atoms with Gasteiger partial charge in [-0.3, -0.25) is 8.78 Å². The predicted molar refractivity (Wildman–Crippen MR) is 87.2 cm³/mol. The molecule has 0 aliphatic carbocycles. The molecule has 0 aliphatic heterocycles. The molecule has 2 aromatic rings. The fourth-order valence-electron chi connectivity index (χ4n) is 2.11. The fraction of sp³-hybridized carbons (Fsp3) is 0.429. The van der Waals surface area contributed by atoms with Gasteiger partial charge in [0.05, 0.1) is 10.8 Å². The van der Waals surface area contributed by atoms with Gasteiger partial charge in [-0.05, 0) is 30.4 Å². The second kappa shape index (κ2) is 7.32. The SMILES string of the molecule is CCSc1nn(-c2cc(S(=O)CC(F)(F)F)c(C)cc2F)c(=O)n1C. The maximum Gasteiger partial charge on any atom is 0.400 e. The van der Waals surface area contributed by atoms with E-state index in [-0.39, 0.29) is 16.1 Å². The Labute approximate surface area is 147 Å². The molecule has 25 heavy (non-hydrogen) atoms. The topological polar surface area (TPSA) is 56.9 Å². The first-order valence-electron chi connectivity index (χ1n) is 7.09. The smallest absolute Gasteiger partial charge is 0.273 e. The minimum absolute atomic E-state index is 0.107. The highest BCUT2D eigenvalue weighted by atomic mass is 32.2. The quantitative estimate of drug-likeness (QED) is 0.575. The monoisotopic (exact) mass is 397 g/mol. The highest BCUT2D eigenvalue weighted by Gasteiger charge is 2.32. The lowest BCUT2D eigenvalue weighted by Gasteiger charge is -2.11. The van der Waals surface area contributed by atoms with Crippen LogP contribution in [-0.2, 0) is 17.8 Å². The number of aromatic nitrogens is 3. The maximum atomic E-state index is 14.3. The number of alkyl halides is 3. The first-order chi connectivity index (χ1) is 11.5. The number of rotatable bonds is 5. The number of thioether (sulfide) groups is 1. The third-order valence-corrected chi connectivity index (χ3v) is 5.65. The van der Waals surface area contributed by atoms with Gasteiger partial charge in [-0.2, -0.15) is 17.9 Å². The Kier molecular flexibility index (Phi) is 5.77. The minimum atomic E-state index is -4.63. The molecule has 5 nitrogen and oxygen atoms in total. The van der Waals surface area contributed by atoms with E-state index in [1.54, 1.807) is 0 Å². The molecular formula is C14H15F4N3O2S2. The molecule has 0 N–H and O–H groups in total. The van der Waals surface area contributed by atoms with E-state index in [0.29, 0.717) is 10.9 Å². The Hall–Kier alpha value is -1.62. The van der Waals surface area contributed by atoms with Crippen LogP contribution in [0.25, 0.3) is 5.69 Å². The van der Waals surface area contributed by atoms with Crippen LogP contribution in [0.15, 0.2) is 27.0 Å². The summed E-state index contributed by atoms with van der Waals surface area (Å²) in [5, 5.41) is 4.34. The van der Waals surface area contributed by atoms with Crippen molar-refractivity contribution in [1.82, 2.24) is 14.3 Å². The molecule has 1 atom stereocenters. The van der Waals surface area contributed by atoms with E-state index in [9.17, 15) is 26.6 Å². The van der Waals surface area contributed by atoms with Crippen molar-refractivity contribution in [3.63, 3.8) is 0 Å². The zero-order valence-electron chi connectivity index (χ0n) is 13.6. The molecule has 2 rings (SSSR count). The number of hydrogen-bond donors (Lipinski definition) is 0. The number of nitrogens with zero attached hydrogens (tertiary/aromatic N) is 3. The van der Waals surface area contributed by atoms with Gasteiger partial charge >= 0.3 is 11.9 Å². The summed E-state index contributed by atoms with van der Waals surface area (Å²) in [5.74, 6) is -1.76. The van der Waals surface area contributed by atoms with Crippen molar-refractivity contribution in [2.24, 2.45) is 7.05 Å². The average molecular weight is 397 g/mol. The van der Waals surface area contributed by atoms with E-state index in [2.05, 4.69) is 5.10 Å². The molecule has 0 amide bonds. The maximum absolute atomic E-state index is 14.3. The lowest BCUT2D eigenvalue weighted by atomic mass is 10.2.